The minimum absolute atomic E-state index is 0.0888. The van der Waals surface area contributed by atoms with Gasteiger partial charge in [0.1, 0.15) is 11.8 Å². The number of aromatic nitrogens is 1. The number of likely N-dealkylation sites (tertiary alicyclic amines) is 1. The Morgan fingerprint density at radius 3 is 2.52 bits per heavy atom. The van der Waals surface area contributed by atoms with Gasteiger partial charge in [-0.1, -0.05) is 12.2 Å². The number of anilines is 1. The maximum atomic E-state index is 13.2. The van der Waals surface area contributed by atoms with Crippen LogP contribution in [-0.2, 0) is 14.4 Å². The maximum Gasteiger partial charge on any atom is 0.234 e. The molecule has 8 heteroatoms. The minimum atomic E-state index is -0.789. The Morgan fingerprint density at radius 1 is 1.21 bits per heavy atom. The van der Waals surface area contributed by atoms with Crippen molar-refractivity contribution in [3.8, 4) is 0 Å². The molecule has 2 aromatic rings. The number of nitrogens with one attached hydrogen (secondary N) is 1. The van der Waals surface area contributed by atoms with Crippen LogP contribution in [0.2, 0.25) is 0 Å². The topological polar surface area (TPSA) is 92.5 Å². The normalized spacial score (nSPS) is 28.1. The van der Waals surface area contributed by atoms with E-state index in [4.69, 9.17) is 4.42 Å². The van der Waals surface area contributed by atoms with E-state index in [1.165, 1.54) is 11.1 Å². The van der Waals surface area contributed by atoms with Crippen LogP contribution in [-0.4, -0.2) is 27.6 Å². The highest BCUT2D eigenvalue weighted by molar-refractivity contribution is 9.10. The van der Waals surface area contributed by atoms with Gasteiger partial charge in [-0.2, -0.15) is 0 Å². The van der Waals surface area contributed by atoms with Gasteiger partial charge in [0, 0.05) is 6.20 Å². The van der Waals surface area contributed by atoms with Crippen molar-refractivity contribution in [3.63, 3.8) is 0 Å². The van der Waals surface area contributed by atoms with Gasteiger partial charge in [-0.15, -0.1) is 0 Å². The number of fused-ring (bicyclic) bond motifs is 5. The summed E-state index contributed by atoms with van der Waals surface area (Å²) >= 11 is 3.26. The molecule has 7 nitrogen and oxygen atoms in total. The molecule has 5 atom stereocenters. The van der Waals surface area contributed by atoms with E-state index in [0.717, 1.165) is 6.42 Å². The van der Waals surface area contributed by atoms with Gasteiger partial charge in [-0.3, -0.25) is 24.3 Å². The Labute approximate surface area is 175 Å². The third-order valence-electron chi connectivity index (χ3n) is 6.06. The molecule has 2 aliphatic carbocycles. The monoisotopic (exact) mass is 455 g/mol. The molecule has 2 bridgehead atoms. The summed E-state index contributed by atoms with van der Waals surface area (Å²) in [6, 6.07) is 6.03. The van der Waals surface area contributed by atoms with Crippen molar-refractivity contribution < 1.29 is 18.8 Å². The quantitative estimate of drug-likeness (QED) is 0.551. The van der Waals surface area contributed by atoms with Crippen molar-refractivity contribution in [2.24, 2.45) is 23.7 Å². The molecule has 0 aromatic carbocycles. The van der Waals surface area contributed by atoms with Crippen LogP contribution in [0.4, 0.5) is 5.69 Å². The van der Waals surface area contributed by atoms with E-state index in [0.29, 0.717) is 16.1 Å². The van der Waals surface area contributed by atoms with Crippen LogP contribution in [0.5, 0.6) is 0 Å². The average Bonchev–Trinajstić information content (AvgIpc) is 3.46. The second kappa shape index (κ2) is 6.95. The fourth-order valence-corrected chi connectivity index (χ4v) is 5.20. The molecule has 0 radical (unpaired) electrons. The lowest BCUT2D eigenvalue weighted by atomic mass is 9.85. The number of carbonyl (C=O) groups is 3. The predicted molar refractivity (Wildman–Crippen MR) is 106 cm³/mol. The van der Waals surface area contributed by atoms with Gasteiger partial charge in [0.25, 0.3) is 0 Å². The number of hydrogen-bond donors (Lipinski definition) is 1. The lowest BCUT2D eigenvalue weighted by Gasteiger charge is -2.26. The van der Waals surface area contributed by atoms with Crippen LogP contribution in [0, 0.1) is 23.7 Å². The summed E-state index contributed by atoms with van der Waals surface area (Å²) in [7, 11) is 0. The smallest absolute Gasteiger partial charge is 0.234 e. The molecule has 3 amide bonds. The molecule has 5 unspecified atom stereocenters. The fourth-order valence-electron chi connectivity index (χ4n) is 4.88. The molecular formula is C21H18BrN3O4. The Balaban J connectivity index is 1.43. The van der Waals surface area contributed by atoms with Gasteiger partial charge in [0.2, 0.25) is 17.7 Å². The fraction of sp³-hybridized carbons (Fsp3) is 0.333. The lowest BCUT2D eigenvalue weighted by Crippen LogP contribution is -2.38. The Bertz CT molecular complexity index is 988. The Hall–Kier alpha value is -2.74. The van der Waals surface area contributed by atoms with Crippen molar-refractivity contribution in [1.29, 1.82) is 0 Å². The number of pyridine rings is 1. The first-order chi connectivity index (χ1) is 14.0. The van der Waals surface area contributed by atoms with Gasteiger partial charge in [-0.05, 0) is 58.5 Å². The molecule has 1 N–H and O–H groups in total. The van der Waals surface area contributed by atoms with Crippen molar-refractivity contribution in [1.82, 2.24) is 9.88 Å². The van der Waals surface area contributed by atoms with Crippen molar-refractivity contribution in [2.75, 3.05) is 5.32 Å². The van der Waals surface area contributed by atoms with Crippen LogP contribution in [0.3, 0.4) is 0 Å². The third kappa shape index (κ3) is 3.02. The largest absolute Gasteiger partial charge is 0.452 e. The number of carbonyl (C=O) groups excluding carboxylic acids is 3. The first-order valence-electron chi connectivity index (χ1n) is 9.53. The van der Waals surface area contributed by atoms with Crippen LogP contribution in [0.1, 0.15) is 24.6 Å². The molecule has 5 rings (SSSR count). The zero-order chi connectivity index (χ0) is 20.1. The summed E-state index contributed by atoms with van der Waals surface area (Å²) in [5.74, 6) is -0.750. The summed E-state index contributed by atoms with van der Waals surface area (Å²) in [5, 5.41) is 2.77. The van der Waals surface area contributed by atoms with E-state index in [9.17, 15) is 14.4 Å². The second-order valence-electron chi connectivity index (χ2n) is 7.70. The number of nitrogens with zero attached hydrogens (tertiary/aromatic N) is 2. The van der Waals surface area contributed by atoms with Crippen molar-refractivity contribution in [3.05, 3.63) is 59.2 Å². The SMILES string of the molecule is O=C(CC(c1ccc(Br)o1)N1C(=O)C2C3C=CC(C3)C2C1=O)Nc1cccnc1. The van der Waals surface area contributed by atoms with Crippen molar-refractivity contribution in [2.45, 2.75) is 18.9 Å². The van der Waals surface area contributed by atoms with Gasteiger partial charge in [0.05, 0.1) is 30.1 Å². The number of amides is 3. The summed E-state index contributed by atoms with van der Waals surface area (Å²) in [6.45, 7) is 0. The number of furan rings is 1. The van der Waals surface area contributed by atoms with Crippen molar-refractivity contribution >= 4 is 39.3 Å². The summed E-state index contributed by atoms with van der Waals surface area (Å²) < 4.78 is 6.14. The molecule has 29 heavy (non-hydrogen) atoms. The first kappa shape index (κ1) is 18.3. The van der Waals surface area contributed by atoms with Crippen LogP contribution in [0.15, 0.2) is 57.9 Å². The zero-order valence-corrected chi connectivity index (χ0v) is 16.9. The number of allylic oxidation sites excluding steroid dienone is 2. The molecule has 1 saturated carbocycles. The van der Waals surface area contributed by atoms with Gasteiger partial charge in [-0.25, -0.2) is 0 Å². The second-order valence-corrected chi connectivity index (χ2v) is 8.48. The number of imide groups is 1. The van der Waals surface area contributed by atoms with Crippen LogP contribution >= 0.6 is 15.9 Å². The summed E-state index contributed by atoms with van der Waals surface area (Å²) in [4.78, 5) is 44.4. The van der Waals surface area contributed by atoms with Gasteiger partial charge >= 0.3 is 0 Å². The Morgan fingerprint density at radius 2 is 1.93 bits per heavy atom. The molecule has 1 saturated heterocycles. The molecule has 3 heterocycles. The zero-order valence-electron chi connectivity index (χ0n) is 15.3. The van der Waals surface area contributed by atoms with Crippen LogP contribution in [0.25, 0.3) is 0 Å². The highest BCUT2D eigenvalue weighted by atomic mass is 79.9. The molecule has 1 aliphatic heterocycles. The highest BCUT2D eigenvalue weighted by Gasteiger charge is 2.60. The Kier molecular flexibility index (Phi) is 4.38. The van der Waals surface area contributed by atoms with Gasteiger partial charge < -0.3 is 9.73 Å². The lowest BCUT2D eigenvalue weighted by molar-refractivity contribution is -0.144. The molecule has 2 fully saturated rings. The maximum absolute atomic E-state index is 13.2. The molecular weight excluding hydrogens is 438 g/mol. The number of halogens is 1. The standard InChI is InChI=1S/C21H18BrN3O4/c22-16-6-5-15(29-16)14(9-17(26)24-13-2-1-7-23-10-13)25-20(27)18-11-3-4-12(8-11)19(18)21(25)28/h1-7,10-12,14,18-19H,8-9H2,(H,24,26). The van der Waals surface area contributed by atoms with E-state index in [1.54, 1.807) is 30.5 Å². The summed E-state index contributed by atoms with van der Waals surface area (Å²) in [5.41, 5.74) is 0.551. The minimum Gasteiger partial charge on any atom is -0.452 e. The van der Waals surface area contributed by atoms with E-state index in [2.05, 4.69) is 26.2 Å². The predicted octanol–water partition coefficient (Wildman–Crippen LogP) is 3.31. The number of hydrogen-bond acceptors (Lipinski definition) is 5. The highest BCUT2D eigenvalue weighted by Crippen LogP contribution is 2.54. The number of rotatable bonds is 5. The van der Waals surface area contributed by atoms with E-state index >= 15 is 0 Å². The summed E-state index contributed by atoms with van der Waals surface area (Å²) in [6.07, 6.45) is 8.02. The van der Waals surface area contributed by atoms with Gasteiger partial charge in [0.15, 0.2) is 4.67 Å². The van der Waals surface area contributed by atoms with E-state index in [1.807, 2.05) is 12.2 Å². The molecule has 2 aromatic heterocycles. The van der Waals surface area contributed by atoms with E-state index in [-0.39, 0.29) is 47.8 Å². The molecule has 0 spiro atoms. The average molecular weight is 456 g/mol. The third-order valence-corrected chi connectivity index (χ3v) is 6.49. The molecule has 3 aliphatic rings. The molecule has 148 valence electrons. The van der Waals surface area contributed by atoms with E-state index < -0.39 is 6.04 Å². The van der Waals surface area contributed by atoms with Crippen LogP contribution < -0.4 is 5.32 Å². The first-order valence-corrected chi connectivity index (χ1v) is 10.3.